The van der Waals surface area contributed by atoms with E-state index in [-0.39, 0.29) is 24.3 Å². The Morgan fingerprint density at radius 2 is 1.79 bits per heavy atom. The molecule has 7 nitrogen and oxygen atoms in total. The van der Waals surface area contributed by atoms with Gasteiger partial charge in [0.05, 0.1) is 26.1 Å². The fourth-order valence-corrected chi connectivity index (χ4v) is 5.29. The highest BCUT2D eigenvalue weighted by atomic mass is 16.5. The van der Waals surface area contributed by atoms with Gasteiger partial charge in [-0.25, -0.2) is 0 Å². The molecule has 7 heteroatoms. The fraction of sp³-hybridized carbons (Fsp3) is 0.355. The largest absolute Gasteiger partial charge is 0.492 e. The second-order valence-corrected chi connectivity index (χ2v) is 10.1. The van der Waals surface area contributed by atoms with Gasteiger partial charge < -0.3 is 24.2 Å². The summed E-state index contributed by atoms with van der Waals surface area (Å²) in [5.41, 5.74) is 6.51. The highest BCUT2D eigenvalue weighted by Gasteiger charge is 2.31. The van der Waals surface area contributed by atoms with Crippen molar-refractivity contribution in [2.45, 2.75) is 52.2 Å². The van der Waals surface area contributed by atoms with Gasteiger partial charge in [0.2, 0.25) is 5.91 Å². The van der Waals surface area contributed by atoms with Gasteiger partial charge in [0.15, 0.2) is 0 Å². The quantitative estimate of drug-likeness (QED) is 0.405. The van der Waals surface area contributed by atoms with Gasteiger partial charge in [-0.3, -0.25) is 9.59 Å². The molecule has 1 unspecified atom stereocenters. The van der Waals surface area contributed by atoms with Crippen molar-refractivity contribution < 1.29 is 28.9 Å². The van der Waals surface area contributed by atoms with E-state index in [9.17, 15) is 9.59 Å². The molecule has 0 aliphatic carbocycles. The molecule has 1 N–H and O–H groups in total. The Labute approximate surface area is 222 Å². The third-order valence-electron chi connectivity index (χ3n) is 7.22. The number of hydrogen-bond donors (Lipinski definition) is 1. The number of carboxylic acid groups (broad SMARTS) is 1. The van der Waals surface area contributed by atoms with Crippen molar-refractivity contribution in [2.24, 2.45) is 0 Å². The van der Waals surface area contributed by atoms with Gasteiger partial charge in [-0.2, -0.15) is 0 Å². The Morgan fingerprint density at radius 1 is 1.03 bits per heavy atom. The minimum absolute atomic E-state index is 0.0447. The van der Waals surface area contributed by atoms with Crippen LogP contribution in [0, 0.1) is 13.8 Å². The van der Waals surface area contributed by atoms with Crippen LogP contribution in [-0.2, 0) is 16.2 Å². The van der Waals surface area contributed by atoms with Crippen LogP contribution in [-0.4, -0.2) is 47.7 Å². The van der Waals surface area contributed by atoms with E-state index in [1.54, 1.807) is 0 Å². The van der Waals surface area contributed by atoms with Crippen molar-refractivity contribution in [3.63, 3.8) is 0 Å². The zero-order valence-electron chi connectivity index (χ0n) is 22.0. The van der Waals surface area contributed by atoms with Crippen molar-refractivity contribution >= 4 is 11.9 Å². The van der Waals surface area contributed by atoms with Crippen LogP contribution in [0.3, 0.4) is 0 Å². The molecule has 0 saturated carbocycles. The molecule has 2 aliphatic rings. The Kier molecular flexibility index (Phi) is 7.27. The van der Waals surface area contributed by atoms with E-state index in [1.807, 2.05) is 42.2 Å². The predicted molar refractivity (Wildman–Crippen MR) is 144 cm³/mol. The van der Waals surface area contributed by atoms with Gasteiger partial charge in [-0.1, -0.05) is 31.2 Å². The average molecular weight is 516 g/mol. The lowest BCUT2D eigenvalue weighted by Crippen LogP contribution is -2.56. The minimum atomic E-state index is -0.825. The molecule has 1 atom stereocenters. The first-order valence-electron chi connectivity index (χ1n) is 13.1. The van der Waals surface area contributed by atoms with Crippen LogP contribution >= 0.6 is 0 Å². The maximum Gasteiger partial charge on any atom is 0.304 e. The van der Waals surface area contributed by atoms with Crippen LogP contribution in [0.1, 0.15) is 47.9 Å². The zero-order valence-corrected chi connectivity index (χ0v) is 22.0. The number of amides is 1. The van der Waals surface area contributed by atoms with Crippen LogP contribution in [0.15, 0.2) is 54.6 Å². The average Bonchev–Trinajstić information content (AvgIpc) is 3.25. The van der Waals surface area contributed by atoms with Crippen molar-refractivity contribution in [1.29, 1.82) is 0 Å². The summed E-state index contributed by atoms with van der Waals surface area (Å²) in [6.07, 6.45) is 0.634. The Bertz CT molecular complexity index is 1340. The van der Waals surface area contributed by atoms with E-state index in [0.717, 1.165) is 33.6 Å². The lowest BCUT2D eigenvalue weighted by Gasteiger charge is -2.39. The summed E-state index contributed by atoms with van der Waals surface area (Å²) < 4.78 is 17.9. The number of carboxylic acids is 1. The van der Waals surface area contributed by atoms with Crippen molar-refractivity contribution in [1.82, 2.24) is 4.90 Å². The summed E-state index contributed by atoms with van der Waals surface area (Å²) in [6, 6.07) is 18.1. The molecule has 198 valence electrons. The van der Waals surface area contributed by atoms with Crippen LogP contribution in [0.5, 0.6) is 17.2 Å². The first-order chi connectivity index (χ1) is 18.3. The SMILES string of the molecule is CCC(=O)N1CC(Oc2cc(C)c(-c3cccc(COc4ccc5c(c4)OCC5CC(=O)O)c3)c(C)c2)C1. The van der Waals surface area contributed by atoms with E-state index < -0.39 is 5.97 Å². The Morgan fingerprint density at radius 3 is 2.50 bits per heavy atom. The summed E-state index contributed by atoms with van der Waals surface area (Å²) in [5, 5.41) is 9.10. The Balaban J connectivity index is 1.24. The topological polar surface area (TPSA) is 85.3 Å². The van der Waals surface area contributed by atoms with Crippen LogP contribution in [0.25, 0.3) is 11.1 Å². The maximum absolute atomic E-state index is 11.8. The van der Waals surface area contributed by atoms with Crippen LogP contribution in [0.4, 0.5) is 0 Å². The number of ether oxygens (including phenoxy) is 3. The van der Waals surface area contributed by atoms with Gasteiger partial charge >= 0.3 is 5.97 Å². The molecule has 3 aromatic rings. The third kappa shape index (κ3) is 5.47. The molecule has 1 fully saturated rings. The van der Waals surface area contributed by atoms with Gasteiger partial charge in [0.1, 0.15) is 30.0 Å². The van der Waals surface area contributed by atoms with E-state index in [2.05, 4.69) is 38.1 Å². The molecule has 2 aliphatic heterocycles. The van der Waals surface area contributed by atoms with E-state index in [4.69, 9.17) is 19.3 Å². The number of aliphatic carboxylic acids is 1. The summed E-state index contributed by atoms with van der Waals surface area (Å²) >= 11 is 0. The molecule has 2 heterocycles. The van der Waals surface area contributed by atoms with Gasteiger partial charge in [0, 0.05) is 24.0 Å². The Hall–Kier alpha value is -4.00. The number of fused-ring (bicyclic) bond motifs is 1. The van der Waals surface area contributed by atoms with Crippen LogP contribution in [0.2, 0.25) is 0 Å². The summed E-state index contributed by atoms with van der Waals surface area (Å²) in [4.78, 5) is 24.7. The minimum Gasteiger partial charge on any atom is -0.492 e. The summed E-state index contributed by atoms with van der Waals surface area (Å²) in [5.74, 6) is 1.45. The number of nitrogens with zero attached hydrogens (tertiary/aromatic N) is 1. The van der Waals surface area contributed by atoms with Crippen molar-refractivity contribution in [3.8, 4) is 28.4 Å². The number of carbonyl (C=O) groups is 2. The number of likely N-dealkylation sites (tertiary alicyclic amines) is 1. The number of rotatable bonds is 9. The lowest BCUT2D eigenvalue weighted by molar-refractivity contribution is -0.139. The molecule has 5 rings (SSSR count). The molecule has 1 amide bonds. The number of aryl methyl sites for hydroxylation is 2. The molecular weight excluding hydrogens is 482 g/mol. The summed E-state index contributed by atoms with van der Waals surface area (Å²) in [7, 11) is 0. The predicted octanol–water partition coefficient (Wildman–Crippen LogP) is 5.50. The molecule has 3 aromatic carbocycles. The first-order valence-corrected chi connectivity index (χ1v) is 13.1. The van der Waals surface area contributed by atoms with E-state index in [1.165, 1.54) is 5.56 Å². The number of hydrogen-bond acceptors (Lipinski definition) is 5. The first kappa shape index (κ1) is 25.6. The number of benzene rings is 3. The molecular formula is C31H33NO6. The maximum atomic E-state index is 11.8. The second kappa shape index (κ2) is 10.8. The van der Waals surface area contributed by atoms with Crippen molar-refractivity contribution in [3.05, 3.63) is 76.9 Å². The number of carbonyl (C=O) groups excluding carboxylic acids is 1. The normalized spacial score (nSPS) is 16.4. The van der Waals surface area contributed by atoms with Gasteiger partial charge in [0.25, 0.3) is 0 Å². The van der Waals surface area contributed by atoms with Crippen LogP contribution < -0.4 is 14.2 Å². The molecule has 1 saturated heterocycles. The molecule has 0 aromatic heterocycles. The zero-order chi connectivity index (χ0) is 26.8. The highest BCUT2D eigenvalue weighted by Crippen LogP contribution is 2.38. The highest BCUT2D eigenvalue weighted by molar-refractivity contribution is 5.77. The standard InChI is InChI=1S/C31H33NO6/c1-4-29(33)32-15-26(16-32)38-25-10-19(2)31(20(3)11-25)22-7-5-6-21(12-22)17-36-24-8-9-27-23(13-30(34)35)18-37-28(27)14-24/h5-12,14,23,26H,4,13,15-18H2,1-3H3,(H,34,35). The molecule has 0 bridgehead atoms. The van der Waals surface area contributed by atoms with Gasteiger partial charge in [-0.05, 0) is 65.9 Å². The molecule has 0 radical (unpaired) electrons. The lowest BCUT2D eigenvalue weighted by atomic mass is 9.94. The second-order valence-electron chi connectivity index (χ2n) is 10.1. The van der Waals surface area contributed by atoms with Crippen molar-refractivity contribution in [2.75, 3.05) is 19.7 Å². The molecule has 38 heavy (non-hydrogen) atoms. The summed E-state index contributed by atoms with van der Waals surface area (Å²) in [6.45, 7) is 8.14. The monoisotopic (exact) mass is 515 g/mol. The van der Waals surface area contributed by atoms with E-state index in [0.29, 0.717) is 44.2 Å². The third-order valence-corrected chi connectivity index (χ3v) is 7.22. The van der Waals surface area contributed by atoms with Gasteiger partial charge in [-0.15, -0.1) is 0 Å². The molecule has 0 spiro atoms. The smallest absolute Gasteiger partial charge is 0.304 e. The fourth-order valence-electron chi connectivity index (χ4n) is 5.29. The van der Waals surface area contributed by atoms with E-state index >= 15 is 0 Å².